The molecule has 2 aromatic carbocycles. The van der Waals surface area contributed by atoms with Gasteiger partial charge in [0.05, 0.1) is 6.42 Å². The average Bonchev–Trinajstić information content (AvgIpc) is 2.88. The van der Waals surface area contributed by atoms with Gasteiger partial charge in [-0.3, -0.25) is 14.9 Å². The Bertz CT molecular complexity index is 882. The van der Waals surface area contributed by atoms with Crippen LogP contribution in [0.3, 0.4) is 0 Å². The van der Waals surface area contributed by atoms with E-state index in [4.69, 9.17) is 4.74 Å². The van der Waals surface area contributed by atoms with E-state index in [-0.39, 0.29) is 17.9 Å². The van der Waals surface area contributed by atoms with Crippen LogP contribution in [0.4, 0.5) is 9.18 Å². The normalized spacial score (nSPS) is 18.7. The van der Waals surface area contributed by atoms with Crippen LogP contribution in [-0.4, -0.2) is 23.4 Å². The van der Waals surface area contributed by atoms with Crippen LogP contribution in [0.2, 0.25) is 0 Å². The summed E-state index contributed by atoms with van der Waals surface area (Å²) in [5.74, 6) is -0.976. The topological polar surface area (TPSA) is 84.5 Å². The molecule has 0 unspecified atom stereocenters. The fraction of sp³-hybridized carbons (Fsp3) is 0.250. The zero-order valence-corrected chi connectivity index (χ0v) is 14.8. The van der Waals surface area contributed by atoms with Gasteiger partial charge >= 0.3 is 12.0 Å². The van der Waals surface area contributed by atoms with Crippen molar-refractivity contribution in [1.82, 2.24) is 10.6 Å². The number of benzene rings is 2. The van der Waals surface area contributed by atoms with Crippen molar-refractivity contribution in [3.63, 3.8) is 0 Å². The first-order chi connectivity index (χ1) is 12.9. The number of carbonyl (C=O) groups is 3. The van der Waals surface area contributed by atoms with Gasteiger partial charge in [0, 0.05) is 0 Å². The van der Waals surface area contributed by atoms with Crippen molar-refractivity contribution in [2.45, 2.75) is 31.7 Å². The molecule has 1 saturated heterocycles. The second-order valence-corrected chi connectivity index (χ2v) is 6.63. The van der Waals surface area contributed by atoms with Gasteiger partial charge in [0.2, 0.25) is 0 Å². The van der Waals surface area contributed by atoms with Crippen LogP contribution in [0.5, 0.6) is 5.75 Å². The first-order valence-corrected chi connectivity index (χ1v) is 8.52. The summed E-state index contributed by atoms with van der Waals surface area (Å²) in [5, 5.41) is 4.84. The molecule has 0 spiro atoms. The van der Waals surface area contributed by atoms with Crippen molar-refractivity contribution in [3.05, 3.63) is 65.5 Å². The summed E-state index contributed by atoms with van der Waals surface area (Å²) in [4.78, 5) is 35.0. The molecule has 0 aliphatic carbocycles. The Labute approximate surface area is 155 Å². The number of rotatable bonds is 6. The third kappa shape index (κ3) is 4.49. The van der Waals surface area contributed by atoms with E-state index < -0.39 is 23.4 Å². The van der Waals surface area contributed by atoms with E-state index in [0.717, 1.165) is 5.56 Å². The second-order valence-electron chi connectivity index (χ2n) is 6.63. The van der Waals surface area contributed by atoms with Crippen molar-refractivity contribution in [3.8, 4) is 5.75 Å². The molecular weight excluding hydrogens is 351 g/mol. The number of hydrogen-bond donors (Lipinski definition) is 2. The van der Waals surface area contributed by atoms with Crippen LogP contribution >= 0.6 is 0 Å². The van der Waals surface area contributed by atoms with Crippen LogP contribution in [0.15, 0.2) is 48.5 Å². The summed E-state index contributed by atoms with van der Waals surface area (Å²) in [6.45, 7) is 1.67. The van der Waals surface area contributed by atoms with E-state index in [9.17, 15) is 18.8 Å². The van der Waals surface area contributed by atoms with Crippen LogP contribution in [0.1, 0.15) is 24.5 Å². The maximum atomic E-state index is 13.6. The molecule has 7 heteroatoms. The fourth-order valence-electron chi connectivity index (χ4n) is 2.84. The zero-order valence-electron chi connectivity index (χ0n) is 14.8. The Morgan fingerprint density at radius 1 is 1.11 bits per heavy atom. The fourth-order valence-corrected chi connectivity index (χ4v) is 2.84. The van der Waals surface area contributed by atoms with Crippen molar-refractivity contribution >= 4 is 17.9 Å². The van der Waals surface area contributed by atoms with E-state index in [1.807, 2.05) is 0 Å². The molecule has 1 atom stereocenters. The summed E-state index contributed by atoms with van der Waals surface area (Å²) < 4.78 is 18.8. The molecule has 0 bridgehead atoms. The van der Waals surface area contributed by atoms with Crippen LogP contribution in [-0.2, 0) is 22.4 Å². The number of hydrogen-bond acceptors (Lipinski definition) is 4. The number of amides is 3. The summed E-state index contributed by atoms with van der Waals surface area (Å²) in [6.07, 6.45) is 0.853. The lowest BCUT2D eigenvalue weighted by molar-refractivity contribution is -0.133. The summed E-state index contributed by atoms with van der Waals surface area (Å²) in [5.41, 5.74) is 0.283. The van der Waals surface area contributed by atoms with Gasteiger partial charge in [0.25, 0.3) is 5.91 Å². The predicted octanol–water partition coefficient (Wildman–Crippen LogP) is 2.50. The van der Waals surface area contributed by atoms with E-state index in [1.54, 1.807) is 43.3 Å². The Morgan fingerprint density at radius 2 is 1.81 bits per heavy atom. The van der Waals surface area contributed by atoms with Gasteiger partial charge in [-0.05, 0) is 49.1 Å². The second kappa shape index (κ2) is 7.57. The first kappa shape index (κ1) is 18.6. The van der Waals surface area contributed by atoms with Crippen molar-refractivity contribution < 1.29 is 23.5 Å². The number of aryl methyl sites for hydroxylation is 1. The maximum Gasteiger partial charge on any atom is 0.322 e. The molecular formula is C20H19FN2O4. The molecule has 0 saturated carbocycles. The molecule has 1 aliphatic heterocycles. The highest BCUT2D eigenvalue weighted by atomic mass is 19.1. The highest BCUT2D eigenvalue weighted by Crippen LogP contribution is 2.20. The molecule has 1 aliphatic rings. The minimum absolute atomic E-state index is 0.151. The molecule has 3 amide bonds. The van der Waals surface area contributed by atoms with Gasteiger partial charge in [-0.1, -0.05) is 30.3 Å². The lowest BCUT2D eigenvalue weighted by Crippen LogP contribution is -2.43. The number of carbonyl (C=O) groups excluding carboxylic acids is 3. The molecule has 27 heavy (non-hydrogen) atoms. The molecule has 1 heterocycles. The Hall–Kier alpha value is -3.22. The van der Waals surface area contributed by atoms with E-state index in [2.05, 4.69) is 10.6 Å². The Kier molecular flexibility index (Phi) is 5.21. The average molecular weight is 370 g/mol. The predicted molar refractivity (Wildman–Crippen MR) is 95.6 cm³/mol. The molecule has 6 nitrogen and oxygen atoms in total. The van der Waals surface area contributed by atoms with Gasteiger partial charge < -0.3 is 10.1 Å². The van der Waals surface area contributed by atoms with Crippen molar-refractivity contribution in [2.24, 2.45) is 0 Å². The van der Waals surface area contributed by atoms with Gasteiger partial charge in [0.15, 0.2) is 0 Å². The van der Waals surface area contributed by atoms with E-state index >= 15 is 0 Å². The van der Waals surface area contributed by atoms with Gasteiger partial charge in [-0.15, -0.1) is 0 Å². The quantitative estimate of drug-likeness (QED) is 0.465. The maximum absolute atomic E-state index is 13.6. The highest BCUT2D eigenvalue weighted by molar-refractivity contribution is 6.06. The van der Waals surface area contributed by atoms with Gasteiger partial charge in [-0.2, -0.15) is 0 Å². The number of nitrogens with one attached hydrogen (secondary N) is 2. The molecule has 3 rings (SSSR count). The molecule has 2 aromatic rings. The number of imide groups is 1. The molecule has 0 radical (unpaired) electrons. The summed E-state index contributed by atoms with van der Waals surface area (Å²) in [7, 11) is 0. The molecule has 1 fully saturated rings. The number of ether oxygens (including phenoxy) is 1. The van der Waals surface area contributed by atoms with E-state index in [0.29, 0.717) is 18.6 Å². The van der Waals surface area contributed by atoms with E-state index in [1.165, 1.54) is 12.1 Å². The first-order valence-electron chi connectivity index (χ1n) is 8.52. The smallest absolute Gasteiger partial charge is 0.322 e. The summed E-state index contributed by atoms with van der Waals surface area (Å²) in [6, 6.07) is 12.4. The van der Waals surface area contributed by atoms with Crippen LogP contribution in [0, 0.1) is 5.82 Å². The van der Waals surface area contributed by atoms with Crippen molar-refractivity contribution in [2.75, 3.05) is 0 Å². The lowest BCUT2D eigenvalue weighted by atomic mass is 9.93. The Morgan fingerprint density at radius 3 is 2.44 bits per heavy atom. The van der Waals surface area contributed by atoms with Crippen LogP contribution in [0.25, 0.3) is 0 Å². The largest absolute Gasteiger partial charge is 0.426 e. The van der Waals surface area contributed by atoms with Gasteiger partial charge in [0.1, 0.15) is 17.1 Å². The van der Waals surface area contributed by atoms with Crippen molar-refractivity contribution in [1.29, 1.82) is 0 Å². The third-order valence-corrected chi connectivity index (χ3v) is 4.48. The minimum atomic E-state index is -0.929. The third-order valence-electron chi connectivity index (χ3n) is 4.48. The standard InChI is InChI=1S/C20H19FN2O4/c1-20(18(25)22-19(26)23-20)11-10-13-6-8-15(9-7-13)27-17(24)12-14-4-2-3-5-16(14)21/h2-9H,10-12H2,1H3,(H2,22,23,25,26)/t20-/m1/s1. The monoisotopic (exact) mass is 370 g/mol. The minimum Gasteiger partial charge on any atom is -0.426 e. The van der Waals surface area contributed by atoms with Crippen LogP contribution < -0.4 is 15.4 Å². The molecule has 140 valence electrons. The molecule has 0 aromatic heterocycles. The molecule has 2 N–H and O–H groups in total. The Balaban J connectivity index is 1.54. The lowest BCUT2D eigenvalue weighted by Gasteiger charge is -2.20. The SMILES string of the molecule is C[C@]1(CCc2ccc(OC(=O)Cc3ccccc3F)cc2)NC(=O)NC1=O. The number of esters is 1. The number of urea groups is 1. The number of halogens is 1. The summed E-state index contributed by atoms with van der Waals surface area (Å²) >= 11 is 0. The highest BCUT2D eigenvalue weighted by Gasteiger charge is 2.41. The van der Waals surface area contributed by atoms with Gasteiger partial charge in [-0.25, -0.2) is 9.18 Å². The zero-order chi connectivity index (χ0) is 19.4.